The second kappa shape index (κ2) is 6.99. The lowest BCUT2D eigenvalue weighted by Gasteiger charge is -1.90. The van der Waals surface area contributed by atoms with Gasteiger partial charge in [-0.15, -0.1) is 0 Å². The summed E-state index contributed by atoms with van der Waals surface area (Å²) in [5.41, 5.74) is 1.32. The van der Waals surface area contributed by atoms with Crippen LogP contribution in [-0.4, -0.2) is 21.7 Å². The molecule has 0 fully saturated rings. The first kappa shape index (κ1) is 11.3. The molecule has 12 heavy (non-hydrogen) atoms. The quantitative estimate of drug-likeness (QED) is 0.570. The highest BCUT2D eigenvalue weighted by atomic mass is 16.4. The van der Waals surface area contributed by atoms with E-state index in [-0.39, 0.29) is 6.81 Å². The molecular formula is C9H14B2O. The van der Waals surface area contributed by atoms with Gasteiger partial charge in [0.2, 0.25) is 6.81 Å². The molecule has 0 atom stereocenters. The van der Waals surface area contributed by atoms with Gasteiger partial charge in [0, 0.05) is 7.11 Å². The van der Waals surface area contributed by atoms with E-state index < -0.39 is 0 Å². The van der Waals surface area contributed by atoms with Crippen LogP contribution >= 0.6 is 0 Å². The smallest absolute Gasteiger partial charge is 0.233 e. The first-order valence-electron chi connectivity index (χ1n) is 3.97. The predicted octanol–water partition coefficient (Wildman–Crippen LogP) is 1.91. The summed E-state index contributed by atoms with van der Waals surface area (Å²) in [4.78, 5) is 0. The lowest BCUT2D eigenvalue weighted by Crippen LogP contribution is -2.08. The van der Waals surface area contributed by atoms with Crippen molar-refractivity contribution in [3.05, 3.63) is 35.9 Å². The van der Waals surface area contributed by atoms with Crippen LogP contribution in [0.3, 0.4) is 0 Å². The molecular weight excluding hydrogens is 146 g/mol. The van der Waals surface area contributed by atoms with Crippen molar-refractivity contribution in [2.24, 2.45) is 0 Å². The Bertz CT molecular complexity index is 187. The minimum atomic E-state index is -0.116. The van der Waals surface area contributed by atoms with Crippen molar-refractivity contribution >= 4 is 14.5 Å². The molecule has 0 spiro atoms. The number of benzene rings is 1. The summed E-state index contributed by atoms with van der Waals surface area (Å²) < 4.78 is 4.53. The third-order valence-electron chi connectivity index (χ3n) is 1.31. The second-order valence-electron chi connectivity index (χ2n) is 2.60. The highest BCUT2D eigenvalue weighted by molar-refractivity contribution is 6.98. The van der Waals surface area contributed by atoms with Crippen LogP contribution in [0.1, 0.15) is 5.56 Å². The van der Waals surface area contributed by atoms with Gasteiger partial charge in [-0.2, -0.15) is 0 Å². The predicted molar refractivity (Wildman–Crippen MR) is 55.6 cm³/mol. The fourth-order valence-corrected chi connectivity index (χ4v) is 0.534. The Hall–Kier alpha value is -0.690. The summed E-state index contributed by atoms with van der Waals surface area (Å²) in [7, 11) is 6.64. The van der Waals surface area contributed by atoms with Gasteiger partial charge < -0.3 is 4.65 Å². The van der Waals surface area contributed by atoms with E-state index in [4.69, 9.17) is 7.74 Å². The average Bonchev–Trinajstić information content (AvgIpc) is 2.07. The molecule has 1 aromatic rings. The molecule has 0 N–H and O–H groups in total. The Morgan fingerprint density at radius 3 is 1.83 bits per heavy atom. The lowest BCUT2D eigenvalue weighted by atomic mass is 9.49. The van der Waals surface area contributed by atoms with Crippen molar-refractivity contribution in [2.75, 3.05) is 7.11 Å². The van der Waals surface area contributed by atoms with E-state index in [1.807, 2.05) is 18.2 Å². The van der Waals surface area contributed by atoms with E-state index in [9.17, 15) is 0 Å². The molecule has 0 saturated heterocycles. The van der Waals surface area contributed by atoms with E-state index in [2.05, 4.69) is 23.7 Å². The van der Waals surface area contributed by atoms with E-state index in [1.54, 1.807) is 13.9 Å². The Kier molecular flexibility index (Phi) is 6.58. The Morgan fingerprint density at radius 1 is 1.25 bits per heavy atom. The molecule has 0 aliphatic heterocycles. The maximum absolute atomic E-state index is 5.07. The molecule has 0 unspecified atom stereocenters. The van der Waals surface area contributed by atoms with Crippen molar-refractivity contribution in [3.63, 3.8) is 0 Å². The largest absolute Gasteiger partial charge is 0.449 e. The van der Waals surface area contributed by atoms with Crippen LogP contribution in [0.15, 0.2) is 30.3 Å². The van der Waals surface area contributed by atoms with Crippen LogP contribution in [0, 0.1) is 6.92 Å². The molecule has 2 radical (unpaired) electrons. The van der Waals surface area contributed by atoms with Crippen LogP contribution < -0.4 is 0 Å². The molecule has 0 amide bonds. The van der Waals surface area contributed by atoms with Crippen LogP contribution in [-0.2, 0) is 4.65 Å². The van der Waals surface area contributed by atoms with Gasteiger partial charge in [-0.05, 0) is 6.92 Å². The van der Waals surface area contributed by atoms with Gasteiger partial charge in [-0.1, -0.05) is 42.7 Å². The van der Waals surface area contributed by atoms with Gasteiger partial charge in [0.1, 0.15) is 0 Å². The molecule has 0 aliphatic carbocycles. The first-order chi connectivity index (χ1) is 5.66. The Morgan fingerprint density at radius 2 is 1.67 bits per heavy atom. The monoisotopic (exact) mass is 160 g/mol. The van der Waals surface area contributed by atoms with Crippen LogP contribution in [0.2, 0.25) is 6.82 Å². The maximum Gasteiger partial charge on any atom is 0.233 e. The molecule has 0 bridgehead atoms. The molecule has 0 heterocycles. The van der Waals surface area contributed by atoms with E-state index in [1.165, 1.54) is 5.56 Å². The van der Waals surface area contributed by atoms with Gasteiger partial charge in [-0.25, -0.2) is 0 Å². The van der Waals surface area contributed by atoms with Crippen molar-refractivity contribution in [3.8, 4) is 0 Å². The van der Waals surface area contributed by atoms with Crippen LogP contribution in [0.25, 0.3) is 0 Å². The van der Waals surface area contributed by atoms with Crippen LogP contribution in [0.4, 0.5) is 0 Å². The first-order valence-corrected chi connectivity index (χ1v) is 3.97. The van der Waals surface area contributed by atoms with E-state index in [0.717, 1.165) is 0 Å². The van der Waals surface area contributed by atoms with Crippen molar-refractivity contribution in [1.82, 2.24) is 0 Å². The number of rotatable bonds is 1. The zero-order valence-corrected chi connectivity index (χ0v) is 7.95. The molecule has 1 aromatic carbocycles. The highest BCUT2D eigenvalue weighted by Crippen LogP contribution is 1.92. The van der Waals surface area contributed by atoms with Crippen molar-refractivity contribution in [1.29, 1.82) is 0 Å². The lowest BCUT2D eigenvalue weighted by molar-refractivity contribution is 0.440. The number of hydrogen-bond donors (Lipinski definition) is 0. The highest BCUT2D eigenvalue weighted by Gasteiger charge is 1.87. The summed E-state index contributed by atoms with van der Waals surface area (Å²) in [6.07, 6.45) is 0. The van der Waals surface area contributed by atoms with Gasteiger partial charge in [0.15, 0.2) is 0 Å². The molecule has 1 rings (SSSR count). The summed E-state index contributed by atoms with van der Waals surface area (Å²) >= 11 is 0. The zero-order chi connectivity index (χ0) is 9.40. The fourth-order valence-electron chi connectivity index (χ4n) is 0.534. The van der Waals surface area contributed by atoms with Crippen molar-refractivity contribution < 1.29 is 4.65 Å². The summed E-state index contributed by atoms with van der Waals surface area (Å²) in [5.74, 6) is 0. The third-order valence-corrected chi connectivity index (χ3v) is 1.31. The fraction of sp³-hybridized carbons (Fsp3) is 0.333. The SMILES string of the molecule is Cc1ccccc1.[B]B(C)OC. The molecule has 0 aromatic heterocycles. The number of hydrogen-bond acceptors (Lipinski definition) is 1. The van der Waals surface area contributed by atoms with Gasteiger partial charge >= 0.3 is 0 Å². The number of aryl methyl sites for hydroxylation is 1. The standard InChI is InChI=1S/C7H8.C2H6B2O/c1-7-5-3-2-4-6-7;1-4(3)5-2/h2-6H,1H3;1-2H3. The summed E-state index contributed by atoms with van der Waals surface area (Å²) in [5, 5.41) is 0. The normalized spacial score (nSPS) is 8.25. The van der Waals surface area contributed by atoms with Crippen LogP contribution in [0.5, 0.6) is 0 Å². The third kappa shape index (κ3) is 7.42. The van der Waals surface area contributed by atoms with E-state index >= 15 is 0 Å². The van der Waals surface area contributed by atoms with Crippen molar-refractivity contribution in [2.45, 2.75) is 13.7 Å². The minimum absolute atomic E-state index is 0.116. The van der Waals surface area contributed by atoms with Gasteiger partial charge in [0.25, 0.3) is 0 Å². The Balaban J connectivity index is 0.000000217. The zero-order valence-electron chi connectivity index (χ0n) is 7.95. The Labute approximate surface area is 76.6 Å². The van der Waals surface area contributed by atoms with Gasteiger partial charge in [0.05, 0.1) is 7.74 Å². The molecule has 1 nitrogen and oxygen atoms in total. The molecule has 62 valence electrons. The average molecular weight is 160 g/mol. The minimum Gasteiger partial charge on any atom is -0.449 e. The van der Waals surface area contributed by atoms with E-state index in [0.29, 0.717) is 0 Å². The summed E-state index contributed by atoms with van der Waals surface area (Å²) in [6.45, 7) is 3.75. The molecule has 0 saturated carbocycles. The topological polar surface area (TPSA) is 9.23 Å². The second-order valence-corrected chi connectivity index (χ2v) is 2.60. The summed E-state index contributed by atoms with van der Waals surface area (Å²) in [6, 6.07) is 10.3. The molecule has 0 aliphatic rings. The molecule has 3 heteroatoms. The van der Waals surface area contributed by atoms with Gasteiger partial charge in [-0.3, -0.25) is 0 Å². The maximum atomic E-state index is 5.07.